The Balaban J connectivity index is 3.12. The summed E-state index contributed by atoms with van der Waals surface area (Å²) in [6, 6.07) is 5.81. The van der Waals surface area contributed by atoms with Crippen molar-refractivity contribution in [3.8, 4) is 5.75 Å². The molecule has 0 spiro atoms. The van der Waals surface area contributed by atoms with E-state index in [0.29, 0.717) is 6.61 Å². The van der Waals surface area contributed by atoms with Crippen LogP contribution in [0, 0.1) is 0 Å². The van der Waals surface area contributed by atoms with Gasteiger partial charge in [-0.15, -0.1) is 0 Å². The summed E-state index contributed by atoms with van der Waals surface area (Å²) in [7, 11) is 3.31. The predicted octanol–water partition coefficient (Wildman–Crippen LogP) is 2.22. The van der Waals surface area contributed by atoms with Gasteiger partial charge in [0.15, 0.2) is 0 Å². The van der Waals surface area contributed by atoms with Gasteiger partial charge in [-0.05, 0) is 26.0 Å². The molecule has 0 aliphatic heterocycles. The third-order valence-electron chi connectivity index (χ3n) is 2.97. The summed E-state index contributed by atoms with van der Waals surface area (Å²) in [6.07, 6.45) is -0.562. The SMILES string of the molecule is CCN(CCOC)c1cccc(OC)c1[C@H](C)O. The number of aliphatic hydroxyl groups is 1. The molecule has 0 bridgehead atoms. The molecule has 0 aromatic heterocycles. The normalized spacial score (nSPS) is 12.3. The molecule has 0 heterocycles. The van der Waals surface area contributed by atoms with Gasteiger partial charge in [0.05, 0.1) is 19.8 Å². The number of likely N-dealkylation sites (N-methyl/N-ethyl adjacent to an activating group) is 1. The van der Waals surface area contributed by atoms with Gasteiger partial charge in [-0.3, -0.25) is 0 Å². The first-order valence-corrected chi connectivity index (χ1v) is 6.24. The van der Waals surface area contributed by atoms with E-state index in [1.807, 2.05) is 18.2 Å². The van der Waals surface area contributed by atoms with Crippen LogP contribution in [0.4, 0.5) is 5.69 Å². The lowest BCUT2D eigenvalue weighted by atomic mass is 10.1. The second-order valence-electron chi connectivity index (χ2n) is 4.14. The van der Waals surface area contributed by atoms with Crippen molar-refractivity contribution in [2.75, 3.05) is 38.8 Å². The van der Waals surface area contributed by atoms with E-state index in [2.05, 4.69) is 11.8 Å². The Morgan fingerprint density at radius 1 is 1.33 bits per heavy atom. The van der Waals surface area contributed by atoms with Crippen LogP contribution in [0.15, 0.2) is 18.2 Å². The number of aliphatic hydroxyl groups excluding tert-OH is 1. The summed E-state index contributed by atoms with van der Waals surface area (Å²) in [4.78, 5) is 2.17. The monoisotopic (exact) mass is 253 g/mol. The molecular weight excluding hydrogens is 230 g/mol. The summed E-state index contributed by atoms with van der Waals surface area (Å²) in [5.74, 6) is 0.721. The molecular formula is C14H23NO3. The van der Waals surface area contributed by atoms with Crippen LogP contribution < -0.4 is 9.64 Å². The molecule has 4 nitrogen and oxygen atoms in total. The Kier molecular flexibility index (Phi) is 5.95. The number of anilines is 1. The van der Waals surface area contributed by atoms with Gasteiger partial charge in [-0.25, -0.2) is 0 Å². The van der Waals surface area contributed by atoms with Gasteiger partial charge >= 0.3 is 0 Å². The Bertz CT molecular complexity index is 366. The molecule has 1 aromatic rings. The summed E-state index contributed by atoms with van der Waals surface area (Å²) < 4.78 is 10.4. The smallest absolute Gasteiger partial charge is 0.126 e. The van der Waals surface area contributed by atoms with E-state index in [1.165, 1.54) is 0 Å². The van der Waals surface area contributed by atoms with E-state index in [4.69, 9.17) is 9.47 Å². The lowest BCUT2D eigenvalue weighted by molar-refractivity contribution is 0.193. The van der Waals surface area contributed by atoms with Crippen molar-refractivity contribution in [2.45, 2.75) is 20.0 Å². The van der Waals surface area contributed by atoms with E-state index >= 15 is 0 Å². The van der Waals surface area contributed by atoms with Crippen molar-refractivity contribution in [3.05, 3.63) is 23.8 Å². The number of methoxy groups -OCH3 is 2. The maximum absolute atomic E-state index is 9.95. The van der Waals surface area contributed by atoms with E-state index < -0.39 is 6.10 Å². The van der Waals surface area contributed by atoms with Gasteiger partial charge < -0.3 is 19.5 Å². The molecule has 102 valence electrons. The molecule has 4 heteroatoms. The Labute approximate surface area is 109 Å². The van der Waals surface area contributed by atoms with Crippen molar-refractivity contribution < 1.29 is 14.6 Å². The van der Waals surface area contributed by atoms with Crippen molar-refractivity contribution in [1.82, 2.24) is 0 Å². The fraction of sp³-hybridized carbons (Fsp3) is 0.571. The third-order valence-corrected chi connectivity index (χ3v) is 2.97. The van der Waals surface area contributed by atoms with Crippen molar-refractivity contribution in [3.63, 3.8) is 0 Å². The van der Waals surface area contributed by atoms with Gasteiger partial charge in [-0.2, -0.15) is 0 Å². The third kappa shape index (κ3) is 3.37. The van der Waals surface area contributed by atoms with Crippen LogP contribution in [0.1, 0.15) is 25.5 Å². The highest BCUT2D eigenvalue weighted by molar-refractivity contribution is 5.60. The zero-order valence-electron chi connectivity index (χ0n) is 11.6. The standard InChI is InChI=1S/C14H23NO3/c1-5-15(9-10-17-3)12-7-6-8-13(18-4)14(12)11(2)16/h6-8,11,16H,5,9-10H2,1-4H3/t11-/m0/s1. The highest BCUT2D eigenvalue weighted by Crippen LogP contribution is 2.34. The molecule has 0 saturated carbocycles. The van der Waals surface area contributed by atoms with Gasteiger partial charge in [-0.1, -0.05) is 6.07 Å². The maximum atomic E-state index is 9.95. The van der Waals surface area contributed by atoms with Crippen molar-refractivity contribution in [1.29, 1.82) is 0 Å². The lowest BCUT2D eigenvalue weighted by Crippen LogP contribution is -2.28. The maximum Gasteiger partial charge on any atom is 0.126 e. The number of hydrogen-bond acceptors (Lipinski definition) is 4. The molecule has 18 heavy (non-hydrogen) atoms. The predicted molar refractivity (Wildman–Crippen MR) is 73.4 cm³/mol. The molecule has 1 atom stereocenters. The molecule has 0 amide bonds. The molecule has 0 aliphatic carbocycles. The molecule has 0 fully saturated rings. The average molecular weight is 253 g/mol. The summed E-state index contributed by atoms with van der Waals surface area (Å²) in [5.41, 5.74) is 1.84. The molecule has 0 saturated heterocycles. The number of hydrogen-bond donors (Lipinski definition) is 1. The molecule has 0 aliphatic rings. The fourth-order valence-corrected chi connectivity index (χ4v) is 2.06. The largest absolute Gasteiger partial charge is 0.496 e. The molecule has 0 unspecified atom stereocenters. The summed E-state index contributed by atoms with van der Waals surface area (Å²) in [5, 5.41) is 9.95. The number of nitrogens with zero attached hydrogens (tertiary/aromatic N) is 1. The van der Waals surface area contributed by atoms with Gasteiger partial charge in [0.25, 0.3) is 0 Å². The van der Waals surface area contributed by atoms with E-state index in [1.54, 1.807) is 21.1 Å². The minimum atomic E-state index is -0.562. The van der Waals surface area contributed by atoms with Crippen LogP contribution in [0.3, 0.4) is 0 Å². The summed E-state index contributed by atoms with van der Waals surface area (Å²) in [6.45, 7) is 6.15. The van der Waals surface area contributed by atoms with E-state index in [-0.39, 0.29) is 0 Å². The van der Waals surface area contributed by atoms with E-state index in [0.717, 1.165) is 30.1 Å². The molecule has 0 radical (unpaired) electrons. The van der Waals surface area contributed by atoms with Gasteiger partial charge in [0.2, 0.25) is 0 Å². The second kappa shape index (κ2) is 7.24. The van der Waals surface area contributed by atoms with Crippen LogP contribution in [0.25, 0.3) is 0 Å². The van der Waals surface area contributed by atoms with Crippen LogP contribution >= 0.6 is 0 Å². The lowest BCUT2D eigenvalue weighted by Gasteiger charge is -2.27. The van der Waals surface area contributed by atoms with Crippen LogP contribution in [0.2, 0.25) is 0 Å². The van der Waals surface area contributed by atoms with Gasteiger partial charge in [0.1, 0.15) is 5.75 Å². The first-order chi connectivity index (χ1) is 8.65. The molecule has 1 aromatic carbocycles. The number of benzene rings is 1. The van der Waals surface area contributed by atoms with Crippen molar-refractivity contribution >= 4 is 5.69 Å². The van der Waals surface area contributed by atoms with E-state index in [9.17, 15) is 5.11 Å². The molecule has 1 rings (SSSR count). The highest BCUT2D eigenvalue weighted by atomic mass is 16.5. The van der Waals surface area contributed by atoms with Crippen molar-refractivity contribution in [2.24, 2.45) is 0 Å². The minimum Gasteiger partial charge on any atom is -0.496 e. The van der Waals surface area contributed by atoms with Gasteiger partial charge in [0, 0.05) is 31.5 Å². The Morgan fingerprint density at radius 2 is 2.06 bits per heavy atom. The highest BCUT2D eigenvalue weighted by Gasteiger charge is 2.17. The number of ether oxygens (including phenoxy) is 2. The minimum absolute atomic E-state index is 0.562. The Hall–Kier alpha value is -1.26. The number of rotatable bonds is 7. The molecule has 1 N–H and O–H groups in total. The Morgan fingerprint density at radius 3 is 2.56 bits per heavy atom. The topological polar surface area (TPSA) is 41.9 Å². The zero-order chi connectivity index (χ0) is 13.5. The summed E-state index contributed by atoms with van der Waals surface area (Å²) >= 11 is 0. The zero-order valence-corrected chi connectivity index (χ0v) is 11.6. The first kappa shape index (κ1) is 14.8. The average Bonchev–Trinajstić information content (AvgIpc) is 2.38. The van der Waals surface area contributed by atoms with Crippen LogP contribution in [0.5, 0.6) is 5.75 Å². The fourth-order valence-electron chi connectivity index (χ4n) is 2.06. The second-order valence-corrected chi connectivity index (χ2v) is 4.14. The quantitative estimate of drug-likeness (QED) is 0.809. The van der Waals surface area contributed by atoms with Crippen LogP contribution in [-0.4, -0.2) is 39.0 Å². The van der Waals surface area contributed by atoms with Crippen LogP contribution in [-0.2, 0) is 4.74 Å². The first-order valence-electron chi connectivity index (χ1n) is 6.24.